The second kappa shape index (κ2) is 7.21. The molecular weight excluding hydrogens is 236 g/mol. The van der Waals surface area contributed by atoms with Gasteiger partial charge in [0.25, 0.3) is 0 Å². The summed E-state index contributed by atoms with van der Waals surface area (Å²) < 4.78 is 4.21. The number of carbonyl (C=O) groups is 1. The summed E-state index contributed by atoms with van der Waals surface area (Å²) in [6, 6.07) is 0. The minimum atomic E-state index is 0.0993. The second-order valence-electron chi connectivity index (χ2n) is 3.69. The highest BCUT2D eigenvalue weighted by Crippen LogP contribution is 2.11. The van der Waals surface area contributed by atoms with E-state index in [0.717, 1.165) is 36.9 Å². The van der Waals surface area contributed by atoms with Crippen LogP contribution in [-0.4, -0.2) is 39.8 Å². The SMILES string of the molecule is CCCc1nsc(NCC(=O)N(CC)CC)n1. The van der Waals surface area contributed by atoms with Crippen molar-refractivity contribution in [3.63, 3.8) is 0 Å². The van der Waals surface area contributed by atoms with E-state index in [9.17, 15) is 4.79 Å². The Morgan fingerprint density at radius 3 is 2.65 bits per heavy atom. The molecule has 0 aromatic carbocycles. The number of nitrogens with zero attached hydrogens (tertiary/aromatic N) is 3. The van der Waals surface area contributed by atoms with Gasteiger partial charge in [0.2, 0.25) is 11.0 Å². The predicted octanol–water partition coefficient (Wildman–Crippen LogP) is 1.77. The third-order valence-electron chi connectivity index (χ3n) is 2.45. The number of carbonyl (C=O) groups excluding carboxylic acids is 1. The Morgan fingerprint density at radius 1 is 1.35 bits per heavy atom. The van der Waals surface area contributed by atoms with Crippen LogP contribution in [0.25, 0.3) is 0 Å². The third-order valence-corrected chi connectivity index (χ3v) is 3.16. The average molecular weight is 256 g/mol. The standard InChI is InChI=1S/C11H20N4OS/c1-4-7-9-13-11(17-14-9)12-8-10(16)15(5-2)6-3/h4-8H2,1-3H3,(H,12,13,14). The Kier molecular flexibility index (Phi) is 5.90. The van der Waals surface area contributed by atoms with Gasteiger partial charge in [0.1, 0.15) is 5.82 Å². The van der Waals surface area contributed by atoms with Crippen molar-refractivity contribution in [1.29, 1.82) is 0 Å². The Labute approximate surface area is 106 Å². The maximum Gasteiger partial charge on any atom is 0.241 e. The summed E-state index contributed by atoms with van der Waals surface area (Å²) in [6.07, 6.45) is 1.93. The molecule has 1 aromatic rings. The zero-order chi connectivity index (χ0) is 12.7. The lowest BCUT2D eigenvalue weighted by Crippen LogP contribution is -2.35. The van der Waals surface area contributed by atoms with Crippen LogP contribution >= 0.6 is 11.5 Å². The van der Waals surface area contributed by atoms with Crippen molar-refractivity contribution < 1.29 is 4.79 Å². The molecule has 1 N–H and O–H groups in total. The van der Waals surface area contributed by atoms with Crippen LogP contribution in [0, 0.1) is 0 Å². The minimum Gasteiger partial charge on any atom is -0.351 e. The zero-order valence-electron chi connectivity index (χ0n) is 10.7. The predicted molar refractivity (Wildman–Crippen MR) is 70.3 cm³/mol. The Morgan fingerprint density at radius 2 is 2.06 bits per heavy atom. The molecule has 0 fully saturated rings. The number of hydrogen-bond donors (Lipinski definition) is 1. The first-order chi connectivity index (χ1) is 8.21. The zero-order valence-corrected chi connectivity index (χ0v) is 11.5. The molecule has 1 rings (SSSR count). The van der Waals surface area contributed by atoms with Crippen molar-refractivity contribution in [2.75, 3.05) is 25.0 Å². The topological polar surface area (TPSA) is 58.1 Å². The summed E-state index contributed by atoms with van der Waals surface area (Å²) in [5, 5.41) is 3.76. The van der Waals surface area contributed by atoms with Gasteiger partial charge < -0.3 is 10.2 Å². The van der Waals surface area contributed by atoms with E-state index < -0.39 is 0 Å². The lowest BCUT2D eigenvalue weighted by atomic mass is 10.3. The van der Waals surface area contributed by atoms with Crippen molar-refractivity contribution in [2.24, 2.45) is 0 Å². The van der Waals surface area contributed by atoms with Crippen molar-refractivity contribution in [1.82, 2.24) is 14.3 Å². The van der Waals surface area contributed by atoms with E-state index in [1.54, 1.807) is 4.90 Å². The second-order valence-corrected chi connectivity index (χ2v) is 4.44. The van der Waals surface area contributed by atoms with Gasteiger partial charge in [0.15, 0.2) is 0 Å². The van der Waals surface area contributed by atoms with Gasteiger partial charge in [-0.05, 0) is 20.3 Å². The number of hydrogen-bond acceptors (Lipinski definition) is 5. The molecular formula is C11H20N4OS. The average Bonchev–Trinajstić information content (AvgIpc) is 2.76. The molecule has 0 saturated heterocycles. The monoisotopic (exact) mass is 256 g/mol. The van der Waals surface area contributed by atoms with Crippen LogP contribution in [0.1, 0.15) is 33.0 Å². The third kappa shape index (κ3) is 4.30. The van der Waals surface area contributed by atoms with Crippen LogP contribution in [0.5, 0.6) is 0 Å². The number of aromatic nitrogens is 2. The van der Waals surface area contributed by atoms with Crippen molar-refractivity contribution in [2.45, 2.75) is 33.6 Å². The molecule has 1 aromatic heterocycles. The fourth-order valence-electron chi connectivity index (χ4n) is 1.49. The first-order valence-electron chi connectivity index (χ1n) is 6.05. The van der Waals surface area contributed by atoms with E-state index in [4.69, 9.17) is 0 Å². The molecule has 0 spiro atoms. The fourth-order valence-corrected chi connectivity index (χ4v) is 2.10. The van der Waals surface area contributed by atoms with Crippen LogP contribution < -0.4 is 5.32 Å². The van der Waals surface area contributed by atoms with E-state index in [-0.39, 0.29) is 5.91 Å². The lowest BCUT2D eigenvalue weighted by Gasteiger charge is -2.18. The van der Waals surface area contributed by atoms with Gasteiger partial charge in [-0.15, -0.1) is 0 Å². The molecule has 5 nitrogen and oxygen atoms in total. The van der Waals surface area contributed by atoms with Crippen LogP contribution in [0.4, 0.5) is 5.13 Å². The number of anilines is 1. The van der Waals surface area contributed by atoms with E-state index in [1.807, 2.05) is 13.8 Å². The molecule has 0 aliphatic carbocycles. The largest absolute Gasteiger partial charge is 0.351 e. The maximum atomic E-state index is 11.7. The molecule has 6 heteroatoms. The fraction of sp³-hybridized carbons (Fsp3) is 0.727. The Bertz CT molecular complexity index is 349. The lowest BCUT2D eigenvalue weighted by molar-refractivity contribution is -0.128. The van der Waals surface area contributed by atoms with Crippen molar-refractivity contribution in [3.05, 3.63) is 5.82 Å². The van der Waals surface area contributed by atoms with E-state index in [1.165, 1.54) is 11.5 Å². The van der Waals surface area contributed by atoms with Gasteiger partial charge in [-0.2, -0.15) is 4.37 Å². The number of aryl methyl sites for hydroxylation is 1. The molecule has 0 aliphatic heterocycles. The van der Waals surface area contributed by atoms with Crippen LogP contribution in [0.15, 0.2) is 0 Å². The van der Waals surface area contributed by atoms with Crippen LogP contribution in [0.2, 0.25) is 0 Å². The molecule has 0 aliphatic rings. The molecule has 96 valence electrons. The minimum absolute atomic E-state index is 0.0993. The molecule has 0 saturated carbocycles. The smallest absolute Gasteiger partial charge is 0.241 e. The van der Waals surface area contributed by atoms with Crippen LogP contribution in [-0.2, 0) is 11.2 Å². The quantitative estimate of drug-likeness (QED) is 0.808. The van der Waals surface area contributed by atoms with E-state index in [2.05, 4.69) is 21.6 Å². The van der Waals surface area contributed by atoms with Gasteiger partial charge >= 0.3 is 0 Å². The molecule has 0 unspecified atom stereocenters. The van der Waals surface area contributed by atoms with Gasteiger partial charge in [-0.25, -0.2) is 4.98 Å². The first kappa shape index (κ1) is 13.9. The van der Waals surface area contributed by atoms with Crippen molar-refractivity contribution >= 4 is 22.6 Å². The molecule has 1 amide bonds. The molecule has 1 heterocycles. The Balaban J connectivity index is 2.41. The van der Waals surface area contributed by atoms with Gasteiger partial charge in [0.05, 0.1) is 6.54 Å². The number of rotatable bonds is 7. The van der Waals surface area contributed by atoms with Crippen molar-refractivity contribution in [3.8, 4) is 0 Å². The van der Waals surface area contributed by atoms with Gasteiger partial charge in [-0.3, -0.25) is 4.79 Å². The van der Waals surface area contributed by atoms with Gasteiger partial charge in [0, 0.05) is 31.0 Å². The number of amides is 1. The van der Waals surface area contributed by atoms with E-state index in [0.29, 0.717) is 6.54 Å². The summed E-state index contributed by atoms with van der Waals surface area (Å²) >= 11 is 1.32. The highest BCUT2D eigenvalue weighted by molar-refractivity contribution is 7.09. The highest BCUT2D eigenvalue weighted by atomic mass is 32.1. The summed E-state index contributed by atoms with van der Waals surface area (Å²) in [5.74, 6) is 0.956. The van der Waals surface area contributed by atoms with Gasteiger partial charge in [-0.1, -0.05) is 6.92 Å². The number of nitrogens with one attached hydrogen (secondary N) is 1. The summed E-state index contributed by atoms with van der Waals surface area (Å²) in [4.78, 5) is 17.8. The summed E-state index contributed by atoms with van der Waals surface area (Å²) in [7, 11) is 0. The molecule has 17 heavy (non-hydrogen) atoms. The maximum absolute atomic E-state index is 11.7. The molecule has 0 atom stereocenters. The highest BCUT2D eigenvalue weighted by Gasteiger charge is 2.10. The molecule has 0 radical (unpaired) electrons. The van der Waals surface area contributed by atoms with E-state index >= 15 is 0 Å². The normalized spacial score (nSPS) is 10.3. The summed E-state index contributed by atoms with van der Waals surface area (Å²) in [6.45, 7) is 7.83. The molecule has 0 bridgehead atoms. The Hall–Kier alpha value is -1.17. The number of likely N-dealkylation sites (N-methyl/N-ethyl adjacent to an activating group) is 1. The van der Waals surface area contributed by atoms with Crippen LogP contribution in [0.3, 0.4) is 0 Å². The summed E-state index contributed by atoms with van der Waals surface area (Å²) in [5.41, 5.74) is 0. The first-order valence-corrected chi connectivity index (χ1v) is 6.82.